The summed E-state index contributed by atoms with van der Waals surface area (Å²) < 4.78 is 0. The molecule has 5 heteroatoms. The van der Waals surface area contributed by atoms with Crippen LogP contribution in [-0.4, -0.2) is 56.1 Å². The van der Waals surface area contributed by atoms with Crippen LogP contribution < -0.4 is 0 Å². The zero-order valence-electron chi connectivity index (χ0n) is 18.0. The van der Waals surface area contributed by atoms with Crippen LogP contribution in [0.15, 0.2) is 26.3 Å². The summed E-state index contributed by atoms with van der Waals surface area (Å²) in [4.78, 5) is 0. The predicted molar refractivity (Wildman–Crippen MR) is 109 cm³/mol. The van der Waals surface area contributed by atoms with Gasteiger partial charge in [0.1, 0.15) is 0 Å². The van der Waals surface area contributed by atoms with Crippen molar-refractivity contribution in [3.05, 3.63) is 26.3 Å². The fraction of sp³-hybridized carbons (Fsp3) is 0.789. The molecule has 0 spiro atoms. The van der Waals surface area contributed by atoms with Gasteiger partial charge in [0.2, 0.25) is 0 Å². The first-order valence-electron chi connectivity index (χ1n) is 8.06. The van der Waals surface area contributed by atoms with Crippen LogP contribution in [0.3, 0.4) is 0 Å². The van der Waals surface area contributed by atoms with Gasteiger partial charge in [-0.3, -0.25) is 0 Å². The molecule has 0 aromatic heterocycles. The summed E-state index contributed by atoms with van der Waals surface area (Å²) in [5.74, 6) is 0. The van der Waals surface area contributed by atoms with Crippen molar-refractivity contribution in [2.75, 3.05) is 0 Å². The Labute approximate surface area is 152 Å². The molecule has 0 aliphatic carbocycles. The zero-order chi connectivity index (χ0) is 21.9. The summed E-state index contributed by atoms with van der Waals surface area (Å²) in [6.45, 7) is 29.2. The number of hydrogen-bond acceptors (Lipinski definition) is 5. The molecule has 0 saturated carbocycles. The van der Waals surface area contributed by atoms with E-state index >= 15 is 0 Å². The number of aliphatic hydroxyl groups is 5. The third-order valence-corrected chi connectivity index (χ3v) is 0. The Hall–Kier alpha value is -0.720. The molecule has 0 unspecified atom stereocenters. The summed E-state index contributed by atoms with van der Waals surface area (Å²) >= 11 is 0. The van der Waals surface area contributed by atoms with Crippen molar-refractivity contribution in [2.24, 2.45) is 0 Å². The van der Waals surface area contributed by atoms with Gasteiger partial charge in [0.05, 0.1) is 0 Å². The largest absolute Gasteiger partial charge is 0.394 e. The molecular weight excluding hydrogens is 308 g/mol. The fourth-order valence-electron chi connectivity index (χ4n) is 0. The lowest BCUT2D eigenvalue weighted by Gasteiger charge is -1.80. The van der Waals surface area contributed by atoms with E-state index in [0.717, 1.165) is 0 Å². The van der Waals surface area contributed by atoms with Crippen LogP contribution in [0.2, 0.25) is 0 Å². The summed E-state index contributed by atoms with van der Waals surface area (Å²) in [5.41, 5.74) is 0. The lowest BCUT2D eigenvalue weighted by molar-refractivity contribution is 0.215. The molecule has 0 rings (SSSR count). The minimum atomic E-state index is -0.167. The molecule has 0 fully saturated rings. The first-order valence-corrected chi connectivity index (χ1v) is 8.06. The molecule has 0 atom stereocenters. The van der Waals surface area contributed by atoms with Gasteiger partial charge in [-0.15, -0.1) is 26.3 Å². The molecule has 0 amide bonds. The van der Waals surface area contributed by atoms with E-state index in [4.69, 9.17) is 25.5 Å². The number of hydrogen-bond donors (Lipinski definition) is 5. The van der Waals surface area contributed by atoms with Crippen molar-refractivity contribution in [1.29, 1.82) is 0 Å². The van der Waals surface area contributed by atoms with Crippen LogP contribution in [0.25, 0.3) is 0 Å². The molecule has 0 bridgehead atoms. The highest BCUT2D eigenvalue weighted by Crippen LogP contribution is 1.66. The highest BCUT2D eigenvalue weighted by atomic mass is 16.3. The summed E-state index contributed by atoms with van der Waals surface area (Å²) in [6, 6.07) is 0. The van der Waals surface area contributed by atoms with Crippen LogP contribution in [0.5, 0.6) is 0 Å². The predicted octanol–water partition coefficient (Wildman–Crippen LogP) is 3.54. The van der Waals surface area contributed by atoms with Crippen LogP contribution >= 0.6 is 0 Å². The number of aliphatic hydroxyl groups excluding tert-OH is 5. The van der Waals surface area contributed by atoms with E-state index in [1.165, 1.54) is 0 Å². The Morgan fingerprint density at radius 2 is 0.333 bits per heavy atom. The second-order valence-corrected chi connectivity index (χ2v) is 5.47. The summed E-state index contributed by atoms with van der Waals surface area (Å²) in [7, 11) is 0. The van der Waals surface area contributed by atoms with Gasteiger partial charge >= 0.3 is 0 Å². The van der Waals surface area contributed by atoms with E-state index in [2.05, 4.69) is 26.3 Å². The average Bonchev–Trinajstić information content (AvgIpc) is 2.29. The van der Waals surface area contributed by atoms with Crippen LogP contribution in [-0.2, 0) is 0 Å². The van der Waals surface area contributed by atoms with Crippen molar-refractivity contribution >= 4 is 0 Å². The van der Waals surface area contributed by atoms with Gasteiger partial charge < -0.3 is 25.5 Å². The highest BCUT2D eigenvalue weighted by molar-refractivity contribution is 4.23. The van der Waals surface area contributed by atoms with Crippen molar-refractivity contribution in [1.82, 2.24) is 0 Å². The maximum Gasteiger partial charge on any atom is 0.0483 e. The molecule has 0 heterocycles. The smallest absolute Gasteiger partial charge is 0.0483 e. The molecule has 154 valence electrons. The highest BCUT2D eigenvalue weighted by Gasteiger charge is 1.70. The van der Waals surface area contributed by atoms with E-state index in [1.54, 1.807) is 69.2 Å². The van der Waals surface area contributed by atoms with Gasteiger partial charge in [-0.1, -0.05) is 0 Å². The Morgan fingerprint density at radius 3 is 0.333 bits per heavy atom. The number of rotatable bonds is 0. The van der Waals surface area contributed by atoms with Crippen molar-refractivity contribution in [2.45, 2.75) is 99.8 Å². The van der Waals surface area contributed by atoms with E-state index in [9.17, 15) is 0 Å². The van der Waals surface area contributed by atoms with Gasteiger partial charge in [-0.2, -0.15) is 0 Å². The van der Waals surface area contributed by atoms with Crippen molar-refractivity contribution in [3.63, 3.8) is 0 Å². The monoisotopic (exact) mass is 356 g/mol. The SMILES string of the molecule is C=C.C=C.CC(C)O.CC(C)O.CC(C)O.CC(C)O.CC(C)O. The summed E-state index contributed by atoms with van der Waals surface area (Å²) in [6.07, 6.45) is -0.833. The summed E-state index contributed by atoms with van der Waals surface area (Å²) in [5, 5.41) is 40.3. The second-order valence-electron chi connectivity index (χ2n) is 5.47. The minimum Gasteiger partial charge on any atom is -0.394 e. The van der Waals surface area contributed by atoms with Crippen LogP contribution in [0.4, 0.5) is 0 Å². The van der Waals surface area contributed by atoms with Gasteiger partial charge in [0.15, 0.2) is 0 Å². The third kappa shape index (κ3) is 16900. The fourth-order valence-corrected chi connectivity index (χ4v) is 0. The van der Waals surface area contributed by atoms with Crippen molar-refractivity contribution < 1.29 is 25.5 Å². The quantitative estimate of drug-likeness (QED) is 0.427. The third-order valence-electron chi connectivity index (χ3n) is 0. The maximum atomic E-state index is 8.06. The standard InChI is InChI=1S/5C3H8O.2C2H4/c5*1-3(2)4;2*1-2/h5*3-4H,1-2H3;2*1-2H2. The van der Waals surface area contributed by atoms with E-state index in [0.29, 0.717) is 0 Å². The molecule has 0 aliphatic rings. The molecule has 24 heavy (non-hydrogen) atoms. The first-order chi connectivity index (χ1) is 10.7. The van der Waals surface area contributed by atoms with Gasteiger partial charge in [-0.25, -0.2) is 0 Å². The van der Waals surface area contributed by atoms with Gasteiger partial charge in [-0.05, 0) is 69.2 Å². The lowest BCUT2D eigenvalue weighted by atomic mass is 10.5. The van der Waals surface area contributed by atoms with E-state index in [1.807, 2.05) is 0 Å². The lowest BCUT2D eigenvalue weighted by Crippen LogP contribution is -1.85. The Morgan fingerprint density at radius 1 is 0.333 bits per heavy atom. The normalized spacial score (nSPS) is 7.83. The minimum absolute atomic E-state index is 0.167. The second kappa shape index (κ2) is 49.5. The molecule has 0 aliphatic heterocycles. The molecule has 0 aromatic rings. The van der Waals surface area contributed by atoms with Gasteiger partial charge in [0.25, 0.3) is 0 Å². The van der Waals surface area contributed by atoms with Crippen LogP contribution in [0, 0.1) is 0 Å². The topological polar surface area (TPSA) is 101 Å². The van der Waals surface area contributed by atoms with Gasteiger partial charge in [0, 0.05) is 30.5 Å². The Balaban J connectivity index is -0.0000000286. The van der Waals surface area contributed by atoms with E-state index in [-0.39, 0.29) is 30.5 Å². The molecular formula is C19H48O5. The Kier molecular flexibility index (Phi) is 89.9. The first kappa shape index (κ1) is 43.6. The molecule has 0 radical (unpaired) electrons. The molecule has 0 aromatic carbocycles. The molecule has 0 saturated heterocycles. The molecule has 5 N–H and O–H groups in total. The maximum absolute atomic E-state index is 8.06. The zero-order valence-corrected chi connectivity index (χ0v) is 18.0. The Bertz CT molecular complexity index is 96.1. The average molecular weight is 357 g/mol. The van der Waals surface area contributed by atoms with E-state index < -0.39 is 0 Å². The van der Waals surface area contributed by atoms with Crippen molar-refractivity contribution in [3.8, 4) is 0 Å². The van der Waals surface area contributed by atoms with Crippen LogP contribution in [0.1, 0.15) is 69.2 Å². The molecule has 5 nitrogen and oxygen atoms in total.